The van der Waals surface area contributed by atoms with E-state index in [0.717, 1.165) is 32.1 Å². The maximum Gasteiger partial charge on any atom is 0.139 e. The number of aliphatic hydroxyl groups is 1. The van der Waals surface area contributed by atoms with Gasteiger partial charge in [-0.3, -0.25) is 9.59 Å². The van der Waals surface area contributed by atoms with Gasteiger partial charge in [0.15, 0.2) is 0 Å². The van der Waals surface area contributed by atoms with Crippen molar-refractivity contribution in [3.05, 3.63) is 11.1 Å². The van der Waals surface area contributed by atoms with Crippen LogP contribution in [0.1, 0.15) is 65.7 Å². The van der Waals surface area contributed by atoms with Crippen LogP contribution in [0.5, 0.6) is 0 Å². The first-order valence-electron chi connectivity index (χ1n) is 9.20. The van der Waals surface area contributed by atoms with Crippen LogP contribution in [0.15, 0.2) is 11.1 Å². The molecule has 0 aromatic rings. The molecule has 3 heteroatoms. The number of carbonyl (C=O) groups is 2. The lowest BCUT2D eigenvalue weighted by Gasteiger charge is -2.56. The summed E-state index contributed by atoms with van der Waals surface area (Å²) < 4.78 is 0. The third kappa shape index (κ3) is 1.92. The number of hydrogen-bond acceptors (Lipinski definition) is 3. The van der Waals surface area contributed by atoms with Gasteiger partial charge in [-0.05, 0) is 56.3 Å². The van der Waals surface area contributed by atoms with E-state index in [2.05, 4.69) is 13.8 Å². The molecule has 0 spiro atoms. The first-order chi connectivity index (χ1) is 10.8. The predicted octanol–water partition coefficient (Wildman–Crippen LogP) is 3.45. The molecule has 4 rings (SSSR count). The van der Waals surface area contributed by atoms with Gasteiger partial charge in [-0.15, -0.1) is 0 Å². The summed E-state index contributed by atoms with van der Waals surface area (Å²) in [7, 11) is 0. The smallest absolute Gasteiger partial charge is 0.139 e. The Morgan fingerprint density at radius 1 is 1.09 bits per heavy atom. The van der Waals surface area contributed by atoms with Crippen LogP contribution in [0.3, 0.4) is 0 Å². The molecule has 0 aromatic carbocycles. The Balaban J connectivity index is 1.80. The zero-order chi connectivity index (χ0) is 16.6. The summed E-state index contributed by atoms with van der Waals surface area (Å²) in [6, 6.07) is 0. The molecule has 0 heterocycles. The quantitative estimate of drug-likeness (QED) is 0.696. The normalized spacial score (nSPS) is 49.7. The van der Waals surface area contributed by atoms with E-state index in [-0.39, 0.29) is 17.4 Å². The molecule has 0 amide bonds. The van der Waals surface area contributed by atoms with Crippen molar-refractivity contribution in [3.8, 4) is 0 Å². The molecule has 1 N–H and O–H groups in total. The molecule has 23 heavy (non-hydrogen) atoms. The van der Waals surface area contributed by atoms with Gasteiger partial charge in [-0.25, -0.2) is 0 Å². The first-order valence-corrected chi connectivity index (χ1v) is 9.20. The standard InChI is InChI=1S/C20H28O3/c1-11-8-13-14-4-5-17(23)20(14,3)10-16(22)18(13)19(2)7-6-12(21)9-15(11)19/h12-14,18,21H,4-10H2,1-3H3. The van der Waals surface area contributed by atoms with Gasteiger partial charge in [0.1, 0.15) is 11.6 Å². The topological polar surface area (TPSA) is 54.4 Å². The Labute approximate surface area is 138 Å². The van der Waals surface area contributed by atoms with Crippen molar-refractivity contribution in [2.45, 2.75) is 71.8 Å². The summed E-state index contributed by atoms with van der Waals surface area (Å²) in [6.07, 6.45) is 5.20. The van der Waals surface area contributed by atoms with E-state index in [4.69, 9.17) is 0 Å². The van der Waals surface area contributed by atoms with Crippen LogP contribution in [0.4, 0.5) is 0 Å². The lowest BCUT2D eigenvalue weighted by atomic mass is 9.46. The number of aliphatic hydroxyl groups excluding tert-OH is 1. The zero-order valence-electron chi connectivity index (χ0n) is 14.5. The molecular formula is C20H28O3. The highest BCUT2D eigenvalue weighted by molar-refractivity contribution is 5.95. The number of carbonyl (C=O) groups excluding carboxylic acids is 2. The number of ketones is 2. The highest BCUT2D eigenvalue weighted by atomic mass is 16.3. The molecule has 0 aromatic heterocycles. The van der Waals surface area contributed by atoms with Gasteiger partial charge in [0, 0.05) is 24.2 Å². The van der Waals surface area contributed by atoms with Gasteiger partial charge in [0.2, 0.25) is 0 Å². The molecule has 6 unspecified atom stereocenters. The monoisotopic (exact) mass is 316 g/mol. The number of Topliss-reactive ketones (excluding diaryl/α,β-unsaturated/α-hetero) is 2. The summed E-state index contributed by atoms with van der Waals surface area (Å²) in [5, 5.41) is 10.1. The van der Waals surface area contributed by atoms with Gasteiger partial charge in [-0.1, -0.05) is 25.0 Å². The average Bonchev–Trinajstić information content (AvgIpc) is 2.76. The highest BCUT2D eigenvalue weighted by Crippen LogP contribution is 2.64. The van der Waals surface area contributed by atoms with Crippen molar-refractivity contribution < 1.29 is 14.7 Å². The molecule has 4 aliphatic rings. The van der Waals surface area contributed by atoms with Crippen LogP contribution in [-0.2, 0) is 9.59 Å². The maximum absolute atomic E-state index is 13.1. The van der Waals surface area contributed by atoms with E-state index >= 15 is 0 Å². The number of fused-ring (bicyclic) bond motifs is 5. The minimum absolute atomic E-state index is 0.0673. The number of allylic oxidation sites excluding steroid dienone is 1. The van der Waals surface area contributed by atoms with Gasteiger partial charge in [0.05, 0.1) is 6.10 Å². The maximum atomic E-state index is 13.1. The SMILES string of the molecule is CC1=C2CC(O)CCC2(C)C2C(=O)CC3(C)C(=O)CCC3C2C1. The van der Waals surface area contributed by atoms with E-state index in [9.17, 15) is 14.7 Å². The Hall–Kier alpha value is -0.960. The molecule has 3 nitrogen and oxygen atoms in total. The summed E-state index contributed by atoms with van der Waals surface area (Å²) in [4.78, 5) is 25.6. The molecular weight excluding hydrogens is 288 g/mol. The Bertz CT molecular complexity index is 618. The Morgan fingerprint density at radius 2 is 1.83 bits per heavy atom. The Morgan fingerprint density at radius 3 is 2.57 bits per heavy atom. The van der Waals surface area contributed by atoms with Crippen molar-refractivity contribution in [3.63, 3.8) is 0 Å². The second kappa shape index (κ2) is 4.78. The summed E-state index contributed by atoms with van der Waals surface area (Å²) >= 11 is 0. The molecule has 0 saturated heterocycles. The second-order valence-corrected chi connectivity index (χ2v) is 9.05. The van der Waals surface area contributed by atoms with Crippen LogP contribution in [0.2, 0.25) is 0 Å². The van der Waals surface area contributed by atoms with Crippen LogP contribution in [-0.4, -0.2) is 22.8 Å². The van der Waals surface area contributed by atoms with E-state index < -0.39 is 5.41 Å². The van der Waals surface area contributed by atoms with Crippen molar-refractivity contribution in [1.82, 2.24) is 0 Å². The third-order valence-electron chi connectivity index (χ3n) is 7.84. The fraction of sp³-hybridized carbons (Fsp3) is 0.800. The molecule has 0 radical (unpaired) electrons. The molecule has 3 saturated carbocycles. The molecule has 6 atom stereocenters. The minimum atomic E-state index is -0.402. The van der Waals surface area contributed by atoms with Gasteiger partial charge in [0.25, 0.3) is 0 Å². The Kier molecular flexibility index (Phi) is 3.23. The molecule has 0 aliphatic heterocycles. The van der Waals surface area contributed by atoms with Gasteiger partial charge >= 0.3 is 0 Å². The van der Waals surface area contributed by atoms with E-state index in [1.807, 2.05) is 6.92 Å². The largest absolute Gasteiger partial charge is 0.393 e. The lowest BCUT2D eigenvalue weighted by molar-refractivity contribution is -0.149. The van der Waals surface area contributed by atoms with Crippen LogP contribution in [0, 0.1) is 28.6 Å². The van der Waals surface area contributed by atoms with Crippen molar-refractivity contribution in [2.24, 2.45) is 28.6 Å². The molecule has 0 bridgehead atoms. The molecule has 4 aliphatic carbocycles. The number of rotatable bonds is 0. The summed E-state index contributed by atoms with van der Waals surface area (Å²) in [5.41, 5.74) is 2.24. The van der Waals surface area contributed by atoms with E-state index in [1.54, 1.807) is 0 Å². The summed E-state index contributed by atoms with van der Waals surface area (Å²) in [6.45, 7) is 6.49. The van der Waals surface area contributed by atoms with Crippen LogP contribution >= 0.6 is 0 Å². The van der Waals surface area contributed by atoms with E-state index in [0.29, 0.717) is 36.2 Å². The highest BCUT2D eigenvalue weighted by Gasteiger charge is 2.62. The summed E-state index contributed by atoms with van der Waals surface area (Å²) in [5.74, 6) is 1.39. The van der Waals surface area contributed by atoms with Crippen LogP contribution in [0.25, 0.3) is 0 Å². The fourth-order valence-electron chi connectivity index (χ4n) is 6.71. The minimum Gasteiger partial charge on any atom is -0.393 e. The molecule has 126 valence electrons. The van der Waals surface area contributed by atoms with Crippen molar-refractivity contribution in [1.29, 1.82) is 0 Å². The lowest BCUT2D eigenvalue weighted by Crippen LogP contribution is -2.55. The first kappa shape index (κ1) is 15.6. The zero-order valence-corrected chi connectivity index (χ0v) is 14.5. The predicted molar refractivity (Wildman–Crippen MR) is 87.7 cm³/mol. The molecule has 3 fully saturated rings. The second-order valence-electron chi connectivity index (χ2n) is 9.05. The van der Waals surface area contributed by atoms with Crippen molar-refractivity contribution >= 4 is 11.6 Å². The number of hydrogen-bond donors (Lipinski definition) is 1. The van der Waals surface area contributed by atoms with Crippen molar-refractivity contribution in [2.75, 3.05) is 0 Å². The van der Waals surface area contributed by atoms with E-state index in [1.165, 1.54) is 11.1 Å². The third-order valence-corrected chi connectivity index (χ3v) is 7.84. The fourth-order valence-corrected chi connectivity index (χ4v) is 6.71. The van der Waals surface area contributed by atoms with Gasteiger partial charge in [-0.2, -0.15) is 0 Å². The average molecular weight is 316 g/mol. The van der Waals surface area contributed by atoms with Gasteiger partial charge < -0.3 is 5.11 Å². The van der Waals surface area contributed by atoms with Crippen LogP contribution < -0.4 is 0 Å².